The van der Waals surface area contributed by atoms with Gasteiger partial charge in [0.15, 0.2) is 5.82 Å². The maximum atomic E-state index is 5.14. The molecule has 0 spiro atoms. The smallest absolute Gasteiger partial charge is 0.160 e. The van der Waals surface area contributed by atoms with Crippen LogP contribution in [0.15, 0.2) is 73.1 Å². The van der Waals surface area contributed by atoms with E-state index in [4.69, 9.17) is 4.74 Å². The molecule has 0 saturated heterocycles. The van der Waals surface area contributed by atoms with Crippen LogP contribution in [0, 0.1) is 0 Å². The zero-order chi connectivity index (χ0) is 21.2. The summed E-state index contributed by atoms with van der Waals surface area (Å²) in [4.78, 5) is 4.08. The van der Waals surface area contributed by atoms with Crippen molar-refractivity contribution in [3.05, 3.63) is 89.9 Å². The van der Waals surface area contributed by atoms with Crippen LogP contribution in [0.2, 0.25) is 0 Å². The van der Waals surface area contributed by atoms with Gasteiger partial charge in [-0.3, -0.25) is 4.98 Å². The maximum absolute atomic E-state index is 5.14. The van der Waals surface area contributed by atoms with Gasteiger partial charge < -0.3 is 10.1 Å². The molecule has 5 nitrogen and oxygen atoms in total. The highest BCUT2D eigenvalue weighted by molar-refractivity contribution is 5.94. The van der Waals surface area contributed by atoms with E-state index in [2.05, 4.69) is 56.9 Å². The van der Waals surface area contributed by atoms with Gasteiger partial charge in [-0.2, -0.15) is 5.10 Å². The Kier molecular flexibility index (Phi) is 7.86. The third kappa shape index (κ3) is 5.39. The Hall–Kier alpha value is -3.31. The number of hydrogen-bond acceptors (Lipinski definition) is 5. The van der Waals surface area contributed by atoms with Crippen molar-refractivity contribution in [2.45, 2.75) is 26.7 Å². The highest BCUT2D eigenvalue weighted by atomic mass is 16.5. The first-order valence-electron chi connectivity index (χ1n) is 10.3. The van der Waals surface area contributed by atoms with E-state index in [0.29, 0.717) is 0 Å². The van der Waals surface area contributed by atoms with E-state index >= 15 is 0 Å². The van der Waals surface area contributed by atoms with E-state index in [9.17, 15) is 0 Å². The largest absolute Gasteiger partial charge is 0.384 e. The monoisotopic (exact) mass is 400 g/mol. The second-order valence-electron chi connectivity index (χ2n) is 6.64. The minimum Gasteiger partial charge on any atom is -0.384 e. The number of nitrogens with zero attached hydrogens (tertiary/aromatic N) is 3. The first-order chi connectivity index (χ1) is 14.8. The van der Waals surface area contributed by atoms with Crippen LogP contribution in [0.1, 0.15) is 30.7 Å². The van der Waals surface area contributed by atoms with Crippen LogP contribution in [-0.4, -0.2) is 28.9 Å². The summed E-state index contributed by atoms with van der Waals surface area (Å²) in [7, 11) is 1.72. The number of methoxy groups -OCH3 is 1. The second-order valence-corrected chi connectivity index (χ2v) is 6.64. The zero-order valence-corrected chi connectivity index (χ0v) is 17.8. The Morgan fingerprint density at radius 2 is 1.50 bits per heavy atom. The molecule has 5 heteroatoms. The SMILES string of the molecule is CC.COCCc1ccc(Nc2nnc(Cc3ccncc3)c3ccccc23)cc1. The van der Waals surface area contributed by atoms with Crippen LogP contribution in [0.5, 0.6) is 0 Å². The number of fused-ring (bicyclic) bond motifs is 1. The van der Waals surface area contributed by atoms with E-state index in [0.717, 1.165) is 47.4 Å². The number of rotatable bonds is 7. The molecular weight excluding hydrogens is 372 g/mol. The average molecular weight is 401 g/mol. The fourth-order valence-electron chi connectivity index (χ4n) is 3.19. The molecule has 0 unspecified atom stereocenters. The van der Waals surface area contributed by atoms with E-state index in [1.165, 1.54) is 11.1 Å². The first-order valence-corrected chi connectivity index (χ1v) is 10.3. The number of aromatic nitrogens is 3. The van der Waals surface area contributed by atoms with Gasteiger partial charge in [0.05, 0.1) is 12.3 Å². The molecular formula is C25H28N4O. The molecule has 0 amide bonds. The molecule has 0 saturated carbocycles. The summed E-state index contributed by atoms with van der Waals surface area (Å²) in [6.07, 6.45) is 5.24. The molecule has 0 aliphatic carbocycles. The molecule has 2 aromatic carbocycles. The number of pyridine rings is 1. The molecule has 30 heavy (non-hydrogen) atoms. The van der Waals surface area contributed by atoms with Gasteiger partial charge in [0, 0.05) is 42.4 Å². The van der Waals surface area contributed by atoms with E-state index in [1.807, 2.05) is 38.1 Å². The molecule has 0 fully saturated rings. The van der Waals surface area contributed by atoms with Crippen molar-refractivity contribution in [2.75, 3.05) is 19.0 Å². The van der Waals surface area contributed by atoms with Crippen molar-refractivity contribution in [1.82, 2.24) is 15.2 Å². The molecule has 0 aliphatic rings. The minimum atomic E-state index is 0.724. The summed E-state index contributed by atoms with van der Waals surface area (Å²) < 4.78 is 5.14. The Bertz CT molecular complexity index is 1050. The van der Waals surface area contributed by atoms with Gasteiger partial charge >= 0.3 is 0 Å². The summed E-state index contributed by atoms with van der Waals surface area (Å²) >= 11 is 0. The minimum absolute atomic E-state index is 0.724. The highest BCUT2D eigenvalue weighted by Gasteiger charge is 2.10. The topological polar surface area (TPSA) is 59.9 Å². The van der Waals surface area contributed by atoms with Gasteiger partial charge in [-0.15, -0.1) is 5.10 Å². The van der Waals surface area contributed by atoms with Gasteiger partial charge in [-0.05, 0) is 41.8 Å². The van der Waals surface area contributed by atoms with Crippen molar-refractivity contribution < 1.29 is 4.74 Å². The molecule has 2 aromatic heterocycles. The van der Waals surface area contributed by atoms with Gasteiger partial charge in [-0.1, -0.05) is 50.2 Å². The van der Waals surface area contributed by atoms with Crippen LogP contribution in [0.25, 0.3) is 10.8 Å². The quantitative estimate of drug-likeness (QED) is 0.439. The van der Waals surface area contributed by atoms with Crippen molar-refractivity contribution >= 4 is 22.3 Å². The zero-order valence-electron chi connectivity index (χ0n) is 17.8. The third-order valence-electron chi connectivity index (χ3n) is 4.70. The van der Waals surface area contributed by atoms with Gasteiger partial charge in [0.2, 0.25) is 0 Å². The third-order valence-corrected chi connectivity index (χ3v) is 4.70. The Morgan fingerprint density at radius 3 is 2.20 bits per heavy atom. The summed E-state index contributed by atoms with van der Waals surface area (Å²) in [6, 6.07) is 20.6. The van der Waals surface area contributed by atoms with Crippen molar-refractivity contribution in [1.29, 1.82) is 0 Å². The number of ether oxygens (including phenoxy) is 1. The maximum Gasteiger partial charge on any atom is 0.160 e. The fraction of sp³-hybridized carbons (Fsp3) is 0.240. The fourth-order valence-corrected chi connectivity index (χ4v) is 3.19. The van der Waals surface area contributed by atoms with Crippen LogP contribution in [0.3, 0.4) is 0 Å². The Balaban J connectivity index is 0.00000124. The molecule has 0 radical (unpaired) electrons. The van der Waals surface area contributed by atoms with Crippen LogP contribution >= 0.6 is 0 Å². The average Bonchev–Trinajstić information content (AvgIpc) is 2.82. The lowest BCUT2D eigenvalue weighted by atomic mass is 10.0. The van der Waals surface area contributed by atoms with Crippen LogP contribution in [-0.2, 0) is 17.6 Å². The molecule has 4 aromatic rings. The van der Waals surface area contributed by atoms with Gasteiger partial charge in [-0.25, -0.2) is 0 Å². The number of hydrogen-bond donors (Lipinski definition) is 1. The number of anilines is 2. The van der Waals surface area contributed by atoms with Gasteiger partial charge in [0.1, 0.15) is 0 Å². The Labute approximate surface area is 178 Å². The normalized spacial score (nSPS) is 10.4. The van der Waals surface area contributed by atoms with E-state index in [1.54, 1.807) is 19.5 Å². The summed E-state index contributed by atoms with van der Waals surface area (Å²) in [5, 5.41) is 14.6. The highest BCUT2D eigenvalue weighted by Crippen LogP contribution is 2.27. The predicted molar refractivity (Wildman–Crippen MR) is 123 cm³/mol. The second kappa shape index (κ2) is 11.0. The molecule has 0 bridgehead atoms. The van der Waals surface area contributed by atoms with Crippen LogP contribution in [0.4, 0.5) is 11.5 Å². The van der Waals surface area contributed by atoms with Crippen LogP contribution < -0.4 is 5.32 Å². The number of nitrogens with one attached hydrogen (secondary N) is 1. The molecule has 4 rings (SSSR count). The lowest BCUT2D eigenvalue weighted by Gasteiger charge is -2.11. The van der Waals surface area contributed by atoms with Crippen molar-refractivity contribution in [3.63, 3.8) is 0 Å². The predicted octanol–water partition coefficient (Wildman–Crippen LogP) is 5.57. The van der Waals surface area contributed by atoms with Crippen molar-refractivity contribution in [3.8, 4) is 0 Å². The Morgan fingerprint density at radius 1 is 0.800 bits per heavy atom. The lowest BCUT2D eigenvalue weighted by Crippen LogP contribution is -2.02. The van der Waals surface area contributed by atoms with Gasteiger partial charge in [0.25, 0.3) is 0 Å². The van der Waals surface area contributed by atoms with Crippen molar-refractivity contribution in [2.24, 2.45) is 0 Å². The molecule has 0 atom stereocenters. The standard InChI is InChI=1S/C23H22N4O.C2H6/c1-28-15-12-17-6-8-19(9-7-17)25-23-21-5-3-2-4-20(21)22(26-27-23)16-18-10-13-24-14-11-18;1-2/h2-11,13-14H,12,15-16H2,1H3,(H,25,27);1-2H3. The summed E-state index contributed by atoms with van der Waals surface area (Å²) in [5.41, 5.74) is 4.36. The summed E-state index contributed by atoms with van der Waals surface area (Å²) in [6.45, 7) is 4.72. The molecule has 154 valence electrons. The first kappa shape index (κ1) is 21.4. The lowest BCUT2D eigenvalue weighted by molar-refractivity contribution is 0.202. The molecule has 1 N–H and O–H groups in total. The summed E-state index contributed by atoms with van der Waals surface area (Å²) in [5.74, 6) is 0.763. The number of benzene rings is 2. The molecule has 0 aliphatic heterocycles. The molecule has 2 heterocycles. The van der Waals surface area contributed by atoms with E-state index in [-0.39, 0.29) is 0 Å². The van der Waals surface area contributed by atoms with E-state index < -0.39 is 0 Å².